The third-order valence-corrected chi connectivity index (χ3v) is 8.08. The lowest BCUT2D eigenvalue weighted by Gasteiger charge is -2.21. The van der Waals surface area contributed by atoms with Crippen LogP contribution in [0.25, 0.3) is 0 Å². The molecule has 2 aromatic carbocycles. The van der Waals surface area contributed by atoms with Gasteiger partial charge >= 0.3 is 0 Å². The van der Waals surface area contributed by atoms with Gasteiger partial charge in [0.1, 0.15) is 7.14 Å². The largest absolute Gasteiger partial charge is 0.366 e. The van der Waals surface area contributed by atoms with Crippen molar-refractivity contribution in [2.45, 2.75) is 44.8 Å². The quantitative estimate of drug-likeness (QED) is 0.559. The summed E-state index contributed by atoms with van der Waals surface area (Å²) in [5.41, 5.74) is -0.254. The van der Waals surface area contributed by atoms with Crippen LogP contribution < -0.4 is 10.6 Å². The molecule has 0 N–H and O–H groups in total. The number of benzene rings is 2. The van der Waals surface area contributed by atoms with Crippen LogP contribution in [0, 0.1) is 0 Å². The zero-order valence-electron chi connectivity index (χ0n) is 13.9. The van der Waals surface area contributed by atoms with E-state index >= 15 is 0 Å². The minimum atomic E-state index is -2.68. The van der Waals surface area contributed by atoms with E-state index in [9.17, 15) is 4.57 Å². The molecule has 0 aliphatic carbocycles. The maximum Gasteiger partial charge on any atom is 0.146 e. The first-order valence-corrected chi connectivity index (χ1v) is 10.4. The lowest BCUT2D eigenvalue weighted by molar-refractivity contribution is 0.319. The van der Waals surface area contributed by atoms with Crippen LogP contribution in [0.4, 0.5) is 0 Å². The van der Waals surface area contributed by atoms with Crippen molar-refractivity contribution < 1.29 is 9.30 Å². The second-order valence-electron chi connectivity index (χ2n) is 6.63. The Kier molecular flexibility index (Phi) is 4.75. The fourth-order valence-corrected chi connectivity index (χ4v) is 6.43. The van der Waals surface area contributed by atoms with Crippen molar-refractivity contribution in [2.75, 3.05) is 6.16 Å². The van der Waals surface area contributed by atoms with Gasteiger partial charge in [-0.15, -0.1) is 0 Å². The van der Waals surface area contributed by atoms with Crippen LogP contribution in [0.3, 0.4) is 0 Å². The summed E-state index contributed by atoms with van der Waals surface area (Å²) in [5, 5.41) is 1.86. The van der Waals surface area contributed by atoms with Crippen LogP contribution in [-0.2, 0) is 9.30 Å². The van der Waals surface area contributed by atoms with Gasteiger partial charge in [0.05, 0.1) is 11.7 Å². The van der Waals surface area contributed by atoms with E-state index in [1.54, 1.807) is 0 Å². The molecular weight excluding hydrogens is 303 g/mol. The van der Waals surface area contributed by atoms with Crippen LogP contribution in [-0.4, -0.2) is 17.9 Å². The van der Waals surface area contributed by atoms with Gasteiger partial charge in [-0.05, 0) is 13.3 Å². The summed E-state index contributed by atoms with van der Waals surface area (Å²) in [4.78, 5) is 0. The fraction of sp³-hybridized carbons (Fsp3) is 0.400. The first kappa shape index (κ1) is 16.5. The summed E-state index contributed by atoms with van der Waals surface area (Å²) in [5.74, 6) is 0. The molecule has 0 radical (unpaired) electrons. The molecule has 122 valence electrons. The average Bonchev–Trinajstić information content (AvgIpc) is 3.23. The van der Waals surface area contributed by atoms with E-state index in [0.717, 1.165) is 17.0 Å². The van der Waals surface area contributed by atoms with Gasteiger partial charge in [-0.25, -0.2) is 0 Å². The first-order valence-electron chi connectivity index (χ1n) is 8.46. The molecule has 3 rings (SSSR count). The van der Waals surface area contributed by atoms with Crippen molar-refractivity contribution in [1.29, 1.82) is 0 Å². The highest BCUT2D eigenvalue weighted by atomic mass is 31.2. The lowest BCUT2D eigenvalue weighted by Crippen LogP contribution is -2.26. The Morgan fingerprint density at radius 3 is 2.00 bits per heavy atom. The summed E-state index contributed by atoms with van der Waals surface area (Å²) in [6.07, 6.45) is 4.24. The fourth-order valence-electron chi connectivity index (χ4n) is 3.30. The number of hydrogen-bond donors (Lipinski definition) is 0. The van der Waals surface area contributed by atoms with E-state index in [4.69, 9.17) is 4.74 Å². The summed E-state index contributed by atoms with van der Waals surface area (Å²) in [6.45, 7) is 4.31. The Balaban J connectivity index is 1.91. The summed E-state index contributed by atoms with van der Waals surface area (Å²) in [7, 11) is -2.68. The number of rotatable bonds is 7. The molecule has 2 unspecified atom stereocenters. The molecule has 1 heterocycles. The average molecular weight is 328 g/mol. The highest BCUT2D eigenvalue weighted by Gasteiger charge is 2.55. The van der Waals surface area contributed by atoms with Crippen LogP contribution >= 0.6 is 7.14 Å². The van der Waals surface area contributed by atoms with Gasteiger partial charge in [0, 0.05) is 16.8 Å². The second kappa shape index (κ2) is 6.63. The van der Waals surface area contributed by atoms with Gasteiger partial charge in [-0.3, -0.25) is 0 Å². The summed E-state index contributed by atoms with van der Waals surface area (Å²) in [6, 6.07) is 19.8. The maximum absolute atomic E-state index is 14.0. The topological polar surface area (TPSA) is 29.6 Å². The Hall–Kier alpha value is -1.37. The standard InChI is InChI=1S/C20H25O2P/c1-3-4-15-19-20(2,22-19)16-23(21,17-11-7-5-8-12-17)18-13-9-6-10-14-18/h5-14,19H,3-4,15-16H2,1-2H3. The Morgan fingerprint density at radius 2 is 1.52 bits per heavy atom. The van der Waals surface area contributed by atoms with Gasteiger partial charge in [0.25, 0.3) is 0 Å². The molecule has 0 spiro atoms. The van der Waals surface area contributed by atoms with Gasteiger partial charge in [-0.1, -0.05) is 80.4 Å². The number of epoxide rings is 1. The predicted molar refractivity (Wildman–Crippen MR) is 97.4 cm³/mol. The molecule has 0 amide bonds. The molecule has 1 aliphatic heterocycles. The van der Waals surface area contributed by atoms with Gasteiger partial charge in [0.2, 0.25) is 0 Å². The van der Waals surface area contributed by atoms with Gasteiger partial charge in [0.15, 0.2) is 0 Å². The lowest BCUT2D eigenvalue weighted by atomic mass is 10.1. The Morgan fingerprint density at radius 1 is 1.00 bits per heavy atom. The Labute approximate surface area is 139 Å². The van der Waals surface area contributed by atoms with Crippen molar-refractivity contribution in [3.05, 3.63) is 60.7 Å². The zero-order chi connectivity index (χ0) is 16.3. The van der Waals surface area contributed by atoms with E-state index in [0.29, 0.717) is 6.16 Å². The van der Waals surface area contributed by atoms with E-state index in [1.807, 2.05) is 60.7 Å². The van der Waals surface area contributed by atoms with Crippen molar-refractivity contribution in [2.24, 2.45) is 0 Å². The molecule has 2 nitrogen and oxygen atoms in total. The molecule has 2 atom stereocenters. The van der Waals surface area contributed by atoms with Crippen LogP contribution in [0.5, 0.6) is 0 Å². The van der Waals surface area contributed by atoms with Crippen molar-refractivity contribution >= 4 is 17.8 Å². The molecule has 2 aromatic rings. The molecule has 1 aliphatic rings. The SMILES string of the molecule is CCCCC1OC1(C)CP(=O)(c1ccccc1)c1ccccc1. The minimum absolute atomic E-state index is 0.253. The van der Waals surface area contributed by atoms with Crippen molar-refractivity contribution in [1.82, 2.24) is 0 Å². The third kappa shape index (κ3) is 3.44. The van der Waals surface area contributed by atoms with Crippen LogP contribution in [0.2, 0.25) is 0 Å². The summed E-state index contributed by atoms with van der Waals surface area (Å²) >= 11 is 0. The summed E-state index contributed by atoms with van der Waals surface area (Å²) < 4.78 is 20.0. The molecule has 23 heavy (non-hydrogen) atoms. The highest BCUT2D eigenvalue weighted by molar-refractivity contribution is 7.78. The van der Waals surface area contributed by atoms with E-state index in [1.165, 1.54) is 12.8 Å². The molecular formula is C20H25O2P. The molecule has 3 heteroatoms. The van der Waals surface area contributed by atoms with Gasteiger partial charge in [-0.2, -0.15) is 0 Å². The van der Waals surface area contributed by atoms with E-state index in [-0.39, 0.29) is 11.7 Å². The Bertz CT molecular complexity index is 640. The van der Waals surface area contributed by atoms with Gasteiger partial charge < -0.3 is 9.30 Å². The second-order valence-corrected chi connectivity index (χ2v) is 9.46. The molecule has 0 bridgehead atoms. The molecule has 0 saturated carbocycles. The normalized spacial score (nSPS) is 23.7. The maximum atomic E-state index is 14.0. The van der Waals surface area contributed by atoms with E-state index < -0.39 is 7.14 Å². The zero-order valence-corrected chi connectivity index (χ0v) is 14.8. The molecule has 1 fully saturated rings. The number of ether oxygens (including phenoxy) is 1. The predicted octanol–water partition coefficient (Wildman–Crippen LogP) is 4.35. The first-order chi connectivity index (χ1) is 11.1. The third-order valence-electron chi connectivity index (χ3n) is 4.74. The highest BCUT2D eigenvalue weighted by Crippen LogP contribution is 2.53. The number of unbranched alkanes of at least 4 members (excludes halogenated alkanes) is 1. The molecule has 1 saturated heterocycles. The minimum Gasteiger partial charge on any atom is -0.366 e. The van der Waals surface area contributed by atoms with Crippen LogP contribution in [0.1, 0.15) is 33.1 Å². The van der Waals surface area contributed by atoms with Crippen molar-refractivity contribution in [3.63, 3.8) is 0 Å². The monoisotopic (exact) mass is 328 g/mol. The van der Waals surface area contributed by atoms with E-state index in [2.05, 4.69) is 13.8 Å². The number of hydrogen-bond acceptors (Lipinski definition) is 2. The molecule has 0 aromatic heterocycles. The van der Waals surface area contributed by atoms with Crippen molar-refractivity contribution in [3.8, 4) is 0 Å². The smallest absolute Gasteiger partial charge is 0.146 e. The van der Waals surface area contributed by atoms with Crippen LogP contribution in [0.15, 0.2) is 60.7 Å².